The number of nitrogens with zero attached hydrogens (tertiary/aromatic N) is 2. The van der Waals surface area contributed by atoms with Crippen LogP contribution in [-0.2, 0) is 0 Å². The zero-order valence-electron chi connectivity index (χ0n) is 17.8. The number of fused-ring (bicyclic) bond motifs is 8. The molecule has 5 aromatic carbocycles. The summed E-state index contributed by atoms with van der Waals surface area (Å²) < 4.78 is 2.27. The zero-order valence-corrected chi connectivity index (χ0v) is 17.8. The third-order valence-corrected chi connectivity index (χ3v) is 6.43. The van der Waals surface area contributed by atoms with Crippen LogP contribution in [0.5, 0.6) is 0 Å². The average Bonchev–Trinajstić information content (AvgIpc) is 3.29. The van der Waals surface area contributed by atoms with Crippen LogP contribution in [0.1, 0.15) is 0 Å². The first-order valence-corrected chi connectivity index (χ1v) is 11.1. The van der Waals surface area contributed by atoms with Gasteiger partial charge in [0.2, 0.25) is 0 Å². The minimum absolute atomic E-state index is 0.837. The van der Waals surface area contributed by atoms with Crippen LogP contribution in [-0.4, -0.2) is 9.38 Å². The molecule has 0 saturated heterocycles. The summed E-state index contributed by atoms with van der Waals surface area (Å²) in [6, 6.07) is 44.7. The first-order chi connectivity index (χ1) is 16.4. The predicted molar refractivity (Wildman–Crippen MR) is 136 cm³/mol. The van der Waals surface area contributed by atoms with Gasteiger partial charge in [-0.2, -0.15) is 0 Å². The maximum absolute atomic E-state index is 4.97. The van der Waals surface area contributed by atoms with Crippen molar-refractivity contribution >= 4 is 38.4 Å². The van der Waals surface area contributed by atoms with E-state index in [4.69, 9.17) is 4.98 Å². The van der Waals surface area contributed by atoms with Crippen LogP contribution < -0.4 is 0 Å². The van der Waals surface area contributed by atoms with E-state index in [1.54, 1.807) is 0 Å². The van der Waals surface area contributed by atoms with Crippen LogP contribution in [0.4, 0.5) is 0 Å². The van der Waals surface area contributed by atoms with Crippen LogP contribution >= 0.6 is 0 Å². The van der Waals surface area contributed by atoms with Gasteiger partial charge in [-0.15, -0.1) is 0 Å². The molecule has 0 fully saturated rings. The van der Waals surface area contributed by atoms with E-state index in [1.807, 2.05) is 6.07 Å². The first-order valence-electron chi connectivity index (χ1n) is 11.1. The van der Waals surface area contributed by atoms with Gasteiger partial charge in [-0.05, 0) is 64.0 Å². The van der Waals surface area contributed by atoms with Gasteiger partial charge >= 0.3 is 0 Å². The minimum Gasteiger partial charge on any atom is -0.291 e. The normalized spacial score (nSPS) is 11.4. The number of aromatic nitrogens is 2. The van der Waals surface area contributed by atoms with E-state index in [0.29, 0.717) is 0 Å². The highest BCUT2D eigenvalue weighted by molar-refractivity contribution is 6.15. The first kappa shape index (κ1) is 18.0. The van der Waals surface area contributed by atoms with E-state index >= 15 is 0 Å². The molecule has 0 radical (unpaired) electrons. The van der Waals surface area contributed by atoms with Crippen LogP contribution in [0.15, 0.2) is 109 Å². The van der Waals surface area contributed by atoms with Crippen molar-refractivity contribution in [3.63, 3.8) is 0 Å². The van der Waals surface area contributed by atoms with Gasteiger partial charge in [-0.1, -0.05) is 84.9 Å². The van der Waals surface area contributed by atoms with Crippen molar-refractivity contribution in [3.8, 4) is 22.3 Å². The van der Waals surface area contributed by atoms with Gasteiger partial charge in [0.15, 0.2) is 0 Å². The van der Waals surface area contributed by atoms with Gasteiger partial charge < -0.3 is 0 Å². The van der Waals surface area contributed by atoms with Crippen LogP contribution in [0.2, 0.25) is 0 Å². The number of pyridine rings is 1. The summed E-state index contributed by atoms with van der Waals surface area (Å²) in [5, 5.41) is 3.55. The monoisotopic (exact) mass is 418 g/mol. The Hall–Kier alpha value is -4.61. The molecule has 0 N–H and O–H groups in total. The largest absolute Gasteiger partial charge is 0.291 e. The molecular weight excluding hydrogens is 400 g/mol. The van der Waals surface area contributed by atoms with Gasteiger partial charge in [-0.3, -0.25) is 4.40 Å². The van der Waals surface area contributed by atoms with Crippen molar-refractivity contribution in [2.45, 2.75) is 0 Å². The van der Waals surface area contributed by atoms with E-state index in [9.17, 15) is 0 Å². The highest BCUT2D eigenvalue weighted by Gasteiger charge is 2.15. The molecule has 2 nitrogen and oxygen atoms in total. The number of hydrogen-bond acceptors (Lipinski definition) is 1. The average molecular weight is 418 g/mol. The number of benzene rings is 4. The van der Waals surface area contributed by atoms with Gasteiger partial charge in [0.25, 0.3) is 0 Å². The van der Waals surface area contributed by atoms with Crippen molar-refractivity contribution in [2.75, 3.05) is 0 Å². The van der Waals surface area contributed by atoms with E-state index in [1.165, 1.54) is 33.0 Å². The summed E-state index contributed by atoms with van der Waals surface area (Å²) in [6.45, 7) is 0. The summed E-state index contributed by atoms with van der Waals surface area (Å²) >= 11 is 0. The second-order valence-electron chi connectivity index (χ2n) is 8.33. The predicted octanol–water partition coefficient (Wildman–Crippen LogP) is 7.73. The molecule has 0 bridgehead atoms. The summed E-state index contributed by atoms with van der Waals surface area (Å²) in [4.78, 5) is 4.97. The maximum atomic E-state index is 4.97. The highest BCUT2D eigenvalue weighted by atomic mass is 15.0. The van der Waals surface area contributed by atoms with Gasteiger partial charge in [-0.25, -0.2) is 4.98 Å². The standard InChI is InChI=1S/C31H18N2/c1-3-9-21(10-4-1)23-16-18-26-27(19-23)25-17-15-24(22-11-5-2-6-12-22)20-30(25)33-29-14-8-7-13-28(29)32-31(26)33/h1-6,8-12,14-20H. The molecule has 0 aliphatic carbocycles. The van der Waals surface area contributed by atoms with Crippen molar-refractivity contribution in [1.82, 2.24) is 9.38 Å². The van der Waals surface area contributed by atoms with Gasteiger partial charge in [0.1, 0.15) is 11.2 Å². The van der Waals surface area contributed by atoms with Crippen LogP contribution in [0, 0.1) is 12.1 Å². The van der Waals surface area contributed by atoms with E-state index in [-0.39, 0.29) is 0 Å². The third-order valence-electron chi connectivity index (χ3n) is 6.43. The Bertz CT molecular complexity index is 1800. The molecule has 33 heavy (non-hydrogen) atoms. The van der Waals surface area contributed by atoms with E-state index < -0.39 is 0 Å². The Morgan fingerprint density at radius 2 is 1.21 bits per heavy atom. The number of hydrogen-bond donors (Lipinski definition) is 0. The summed E-state index contributed by atoms with van der Waals surface area (Å²) in [5.41, 5.74) is 8.80. The summed E-state index contributed by atoms with van der Waals surface area (Å²) in [5.74, 6) is 0. The minimum atomic E-state index is 0.837. The lowest BCUT2D eigenvalue weighted by molar-refractivity contribution is 1.31. The maximum Gasteiger partial charge on any atom is 0.147 e. The molecule has 0 aliphatic heterocycles. The molecule has 2 aromatic heterocycles. The lowest BCUT2D eigenvalue weighted by Gasteiger charge is -2.12. The second-order valence-corrected chi connectivity index (χ2v) is 8.33. The SMILES string of the molecule is c1ccc2c(c#1)nc1c3ccc(-c4ccccc4)cc3c3ccc(-c4ccccc4)cc3n21. The second kappa shape index (κ2) is 6.95. The van der Waals surface area contributed by atoms with Gasteiger partial charge in [0.05, 0.1) is 11.0 Å². The Labute approximate surface area is 191 Å². The van der Waals surface area contributed by atoms with Crippen LogP contribution in [0.3, 0.4) is 0 Å². The van der Waals surface area contributed by atoms with Crippen LogP contribution in [0.25, 0.3) is 60.6 Å². The molecule has 0 amide bonds. The molecule has 152 valence electrons. The molecule has 0 aliphatic rings. The van der Waals surface area contributed by atoms with Gasteiger partial charge in [0, 0.05) is 10.8 Å². The summed E-state index contributed by atoms with van der Waals surface area (Å²) in [6.07, 6.45) is 0. The van der Waals surface area contributed by atoms with Crippen molar-refractivity contribution in [1.29, 1.82) is 0 Å². The van der Waals surface area contributed by atoms with Crippen molar-refractivity contribution in [2.24, 2.45) is 0 Å². The molecule has 0 unspecified atom stereocenters. The Kier molecular flexibility index (Phi) is 3.79. The molecule has 7 aromatic rings. The fraction of sp³-hybridized carbons (Fsp3) is 0. The zero-order chi connectivity index (χ0) is 21.8. The molecule has 0 atom stereocenters. The van der Waals surface area contributed by atoms with Crippen molar-refractivity contribution in [3.05, 3.63) is 121 Å². The lowest BCUT2D eigenvalue weighted by Crippen LogP contribution is -1.93. The number of imidazole rings is 1. The highest BCUT2D eigenvalue weighted by Crippen LogP contribution is 2.36. The molecule has 7 rings (SSSR count). The Morgan fingerprint density at radius 1 is 0.545 bits per heavy atom. The lowest BCUT2D eigenvalue weighted by atomic mass is 9.97. The fourth-order valence-electron chi connectivity index (χ4n) is 4.86. The topological polar surface area (TPSA) is 17.3 Å². The van der Waals surface area contributed by atoms with Crippen molar-refractivity contribution < 1.29 is 0 Å². The Morgan fingerprint density at radius 3 is 1.94 bits per heavy atom. The summed E-state index contributed by atoms with van der Waals surface area (Å²) in [7, 11) is 0. The molecule has 2 heteroatoms. The Balaban J connectivity index is 1.64. The molecule has 0 spiro atoms. The molecule has 2 heterocycles. The quantitative estimate of drug-likeness (QED) is 0.263. The molecular formula is C31H18N2. The number of rotatable bonds is 2. The smallest absolute Gasteiger partial charge is 0.147 e. The fourth-order valence-corrected chi connectivity index (χ4v) is 4.86. The van der Waals surface area contributed by atoms with E-state index in [0.717, 1.165) is 27.6 Å². The third kappa shape index (κ3) is 2.73. The molecule has 0 saturated carbocycles. The van der Waals surface area contributed by atoms with E-state index in [2.05, 4.69) is 120 Å².